The number of pyridine rings is 2. The van der Waals surface area contributed by atoms with Crippen molar-refractivity contribution >= 4 is 76.8 Å². The summed E-state index contributed by atoms with van der Waals surface area (Å²) in [4.78, 5) is 52.6. The van der Waals surface area contributed by atoms with Gasteiger partial charge >= 0.3 is 24.5 Å². The van der Waals surface area contributed by atoms with Gasteiger partial charge in [-0.2, -0.15) is 26.3 Å². The van der Waals surface area contributed by atoms with Crippen LogP contribution < -0.4 is 21.7 Å². The monoisotopic (exact) mass is 1030 g/mol. The molecule has 8 heterocycles. The Morgan fingerprint density at radius 1 is 0.672 bits per heavy atom. The van der Waals surface area contributed by atoms with Crippen LogP contribution in [0.5, 0.6) is 0 Å². The molecule has 4 bridgehead atoms. The van der Waals surface area contributed by atoms with Gasteiger partial charge in [0, 0.05) is 73.9 Å². The number of carbonyl (C=O) groups is 2. The second kappa shape index (κ2) is 20.8. The smallest absolute Gasteiger partial charge is 0.419 e. The van der Waals surface area contributed by atoms with Crippen LogP contribution in [0.25, 0.3) is 22.5 Å². The summed E-state index contributed by atoms with van der Waals surface area (Å²) in [5, 5.41) is 3.09. The van der Waals surface area contributed by atoms with Crippen molar-refractivity contribution in [1.29, 1.82) is 0 Å². The second-order valence-electron chi connectivity index (χ2n) is 17.5. The second-order valence-corrected chi connectivity index (χ2v) is 18.6. The number of aromatic nitrogens is 6. The van der Waals surface area contributed by atoms with E-state index in [1.807, 2.05) is 51.3 Å². The van der Waals surface area contributed by atoms with Crippen molar-refractivity contribution in [3.63, 3.8) is 0 Å². The number of amides is 2. The number of nitrogens with zero attached hydrogens (tertiary/aromatic N) is 9. The number of ether oxygens (including phenoxy) is 2. The number of nitrogens with two attached hydrogens (primary N) is 2. The fourth-order valence-corrected chi connectivity index (χ4v) is 8.11. The van der Waals surface area contributed by atoms with Gasteiger partial charge in [-0.25, -0.2) is 39.5 Å². The Morgan fingerprint density at radius 3 is 1.55 bits per heavy atom. The summed E-state index contributed by atoms with van der Waals surface area (Å²) in [6, 6.07) is 5.35. The van der Waals surface area contributed by atoms with E-state index < -0.39 is 40.7 Å². The first-order valence-electron chi connectivity index (χ1n) is 19.9. The first kappa shape index (κ1) is 54.7. The Morgan fingerprint density at radius 2 is 1.15 bits per heavy atom. The van der Waals surface area contributed by atoms with Crippen molar-refractivity contribution in [1.82, 2.24) is 45.0 Å². The number of nitrogen functional groups attached to an aromatic ring is 2. The van der Waals surface area contributed by atoms with E-state index in [1.165, 1.54) is 12.3 Å². The van der Waals surface area contributed by atoms with Crippen molar-refractivity contribution in [3.8, 4) is 22.5 Å². The zero-order valence-corrected chi connectivity index (χ0v) is 39.2. The first-order valence-corrected chi connectivity index (χ1v) is 21.1. The standard InChI is InChI=1S/C20H22ClF3N6O2.C10H5Cl2F3N4.C10H18N2O2.CH4.ClH/c1-19(2,3)32-18(31)30-9-11-5-12(30)8-29(11)15-6-14(27-17(21)28-15)10-4-13(20(22,23)24)16(25)26-7-10;11-7-2-6(18-9(12)19-7)4-1-5(10(13,14)15)8(16)17-3-4;1-10(2,3)14-9(13)12-6-7-4-8(12)5-11-7;;/h4,6-7,11-12H,5,8-9H2,1-3H3,(H2,25,26);1-3H,(H2,16,17);7-8,11H,4-6H2,1-3H3;1H4;1H/t11-,12-;;7-,8-;;/m0.0../s1. The molecule has 4 aromatic heterocycles. The molecular formula is C41H50Cl4F6N12O4. The van der Waals surface area contributed by atoms with Crippen LogP contribution in [0.15, 0.2) is 36.7 Å². The van der Waals surface area contributed by atoms with Crippen LogP contribution in [-0.4, -0.2) is 113 Å². The Bertz CT molecular complexity index is 2410. The highest BCUT2D eigenvalue weighted by atomic mass is 35.5. The summed E-state index contributed by atoms with van der Waals surface area (Å²) in [6.45, 7) is 13.8. The summed E-state index contributed by atoms with van der Waals surface area (Å²) >= 11 is 17.3. The SMILES string of the molecule is C.CC(C)(C)OC(=O)N1C[C@@H]2C[C@H]1CN2.CC(C)(C)OC(=O)N1C[C@@H]2C[C@H]1CN2c1cc(-c2cnc(N)c(C(F)(F)F)c2)nc(Cl)n1.Cl.Nc1ncc(-c2cc(Cl)nc(Cl)n2)cc1C(F)(F)F. The Balaban J connectivity index is 0.000000238. The first-order chi connectivity index (χ1) is 30.0. The molecule has 0 unspecified atom stereocenters. The van der Waals surface area contributed by atoms with Crippen LogP contribution in [-0.2, 0) is 21.8 Å². The molecule has 0 aromatic carbocycles. The van der Waals surface area contributed by atoms with E-state index in [9.17, 15) is 35.9 Å². The highest BCUT2D eigenvalue weighted by Gasteiger charge is 2.47. The molecular weight excluding hydrogens is 980 g/mol. The number of alkyl halides is 6. The third kappa shape index (κ3) is 13.9. The van der Waals surface area contributed by atoms with Gasteiger partial charge in [0.2, 0.25) is 10.6 Å². The predicted molar refractivity (Wildman–Crippen MR) is 244 cm³/mol. The largest absolute Gasteiger partial charge is 0.444 e. The summed E-state index contributed by atoms with van der Waals surface area (Å²) in [6.07, 6.45) is -5.59. The minimum Gasteiger partial charge on any atom is -0.444 e. The van der Waals surface area contributed by atoms with Crippen molar-refractivity contribution in [2.75, 3.05) is 42.5 Å². The molecule has 26 heteroatoms. The van der Waals surface area contributed by atoms with Crippen LogP contribution in [0.4, 0.5) is 53.4 Å². The maximum Gasteiger partial charge on any atom is 0.419 e. The van der Waals surface area contributed by atoms with Crippen molar-refractivity contribution in [2.45, 2.75) is 110 Å². The van der Waals surface area contributed by atoms with Crippen LogP contribution in [0.2, 0.25) is 15.7 Å². The van der Waals surface area contributed by atoms with Gasteiger partial charge < -0.3 is 41.0 Å². The molecule has 67 heavy (non-hydrogen) atoms. The fourth-order valence-electron chi connectivity index (χ4n) is 7.52. The molecule has 0 spiro atoms. The third-order valence-corrected chi connectivity index (χ3v) is 10.8. The minimum atomic E-state index is -4.65. The lowest BCUT2D eigenvalue weighted by Gasteiger charge is -2.35. The molecule has 4 aliphatic heterocycles. The molecule has 0 aliphatic carbocycles. The molecule has 4 aliphatic rings. The van der Waals surface area contributed by atoms with Gasteiger partial charge in [0.25, 0.3) is 0 Å². The quantitative estimate of drug-likeness (QED) is 0.0994. The van der Waals surface area contributed by atoms with E-state index in [0.29, 0.717) is 31.0 Å². The molecule has 8 rings (SSSR count). The van der Waals surface area contributed by atoms with E-state index in [1.54, 1.807) is 11.0 Å². The summed E-state index contributed by atoms with van der Waals surface area (Å²) in [7, 11) is 0. The summed E-state index contributed by atoms with van der Waals surface area (Å²) < 4.78 is 88.6. The van der Waals surface area contributed by atoms with E-state index in [0.717, 1.165) is 44.3 Å². The number of nitrogens with one attached hydrogen (secondary N) is 1. The number of hydrogen-bond acceptors (Lipinski definition) is 14. The molecule has 0 saturated carbocycles. The van der Waals surface area contributed by atoms with Gasteiger partial charge in [-0.15, -0.1) is 12.4 Å². The lowest BCUT2D eigenvalue weighted by Crippen LogP contribution is -2.50. The van der Waals surface area contributed by atoms with E-state index in [4.69, 9.17) is 55.7 Å². The fraction of sp³-hybridized carbons (Fsp3) is 0.512. The van der Waals surface area contributed by atoms with Gasteiger partial charge in [-0.3, -0.25) is 0 Å². The van der Waals surface area contributed by atoms with Crippen LogP contribution in [0, 0.1) is 0 Å². The summed E-state index contributed by atoms with van der Waals surface area (Å²) in [5.74, 6) is -0.745. The topological polar surface area (TPSA) is 204 Å². The van der Waals surface area contributed by atoms with Gasteiger partial charge in [-0.1, -0.05) is 19.0 Å². The van der Waals surface area contributed by atoms with Gasteiger partial charge in [0.1, 0.15) is 33.8 Å². The maximum absolute atomic E-state index is 13.2. The van der Waals surface area contributed by atoms with Gasteiger partial charge in [0.15, 0.2) is 0 Å². The van der Waals surface area contributed by atoms with Crippen LogP contribution >= 0.6 is 47.2 Å². The molecule has 2 amide bonds. The van der Waals surface area contributed by atoms with E-state index in [2.05, 4.69) is 35.2 Å². The highest BCUT2D eigenvalue weighted by molar-refractivity contribution is 6.32. The molecule has 4 aromatic rings. The Hall–Kier alpha value is -4.90. The lowest BCUT2D eigenvalue weighted by molar-refractivity contribution is -0.137. The van der Waals surface area contributed by atoms with Crippen molar-refractivity contribution in [2.24, 2.45) is 0 Å². The molecule has 368 valence electrons. The van der Waals surface area contributed by atoms with Crippen molar-refractivity contribution < 1.29 is 45.4 Å². The molecule has 4 fully saturated rings. The lowest BCUT2D eigenvalue weighted by atomic mass is 10.1. The zero-order valence-electron chi connectivity index (χ0n) is 36.1. The number of anilines is 3. The number of fused-ring (bicyclic) bond motifs is 4. The Kier molecular flexibility index (Phi) is 17.0. The molecule has 16 nitrogen and oxygen atoms in total. The van der Waals surface area contributed by atoms with E-state index in [-0.39, 0.29) is 87.9 Å². The molecule has 4 atom stereocenters. The average molecular weight is 1030 g/mol. The molecule has 0 radical (unpaired) electrons. The zero-order chi connectivity index (χ0) is 48.0. The highest BCUT2D eigenvalue weighted by Crippen LogP contribution is 2.39. The van der Waals surface area contributed by atoms with E-state index >= 15 is 0 Å². The number of carbonyl (C=O) groups excluding carboxylic acids is 2. The normalized spacial score (nSPS) is 19.7. The number of hydrogen-bond donors (Lipinski definition) is 3. The summed E-state index contributed by atoms with van der Waals surface area (Å²) in [5.41, 5.74) is 8.07. The number of halogens is 10. The Labute approximate surface area is 403 Å². The van der Waals surface area contributed by atoms with Crippen LogP contribution in [0.1, 0.15) is 72.9 Å². The number of likely N-dealkylation sites (tertiary alicyclic amines) is 2. The predicted octanol–water partition coefficient (Wildman–Crippen LogP) is 9.46. The van der Waals surface area contributed by atoms with Crippen molar-refractivity contribution in [3.05, 3.63) is 63.5 Å². The maximum atomic E-state index is 13.2. The molecule has 4 saturated heterocycles. The van der Waals surface area contributed by atoms with Gasteiger partial charge in [-0.05, 0) is 89.7 Å². The average Bonchev–Trinajstić information content (AvgIpc) is 3.99. The number of piperazine rings is 2. The molecule has 5 N–H and O–H groups in total. The van der Waals surface area contributed by atoms with Gasteiger partial charge in [0.05, 0.1) is 34.6 Å². The third-order valence-electron chi connectivity index (χ3n) is 10.2. The number of rotatable bonds is 3. The van der Waals surface area contributed by atoms with Crippen LogP contribution in [0.3, 0.4) is 0 Å². The minimum absolute atomic E-state index is 0.